The van der Waals surface area contributed by atoms with Gasteiger partial charge < -0.3 is 11.1 Å². The molecule has 0 spiro atoms. The zero-order chi connectivity index (χ0) is 18.4. The first-order valence-corrected chi connectivity index (χ1v) is 8.17. The number of hydrogen-bond donors (Lipinski definition) is 2. The molecule has 128 valence electrons. The van der Waals surface area contributed by atoms with Crippen LogP contribution in [0.1, 0.15) is 21.5 Å². The van der Waals surface area contributed by atoms with Gasteiger partial charge in [0, 0.05) is 16.8 Å². The third-order valence-corrected chi connectivity index (χ3v) is 3.87. The van der Waals surface area contributed by atoms with Crippen molar-refractivity contribution in [2.45, 2.75) is 0 Å². The molecule has 26 heavy (non-hydrogen) atoms. The highest BCUT2D eigenvalue weighted by Gasteiger charge is 2.12. The summed E-state index contributed by atoms with van der Waals surface area (Å²) in [5.41, 5.74) is 8.54. The van der Waals surface area contributed by atoms with Crippen LogP contribution in [-0.2, 0) is 4.79 Å². The summed E-state index contributed by atoms with van der Waals surface area (Å²) in [6.07, 6.45) is 1.85. The molecule has 4 heteroatoms. The Morgan fingerprint density at radius 1 is 0.731 bits per heavy atom. The van der Waals surface area contributed by atoms with Crippen LogP contribution in [0.2, 0.25) is 0 Å². The number of hydrogen-bond acceptors (Lipinski definition) is 2. The van der Waals surface area contributed by atoms with Gasteiger partial charge in [0.05, 0.1) is 0 Å². The molecule has 4 nitrogen and oxygen atoms in total. The number of carbonyl (C=O) groups excluding carboxylic acids is 2. The van der Waals surface area contributed by atoms with Gasteiger partial charge in [0.15, 0.2) is 0 Å². The molecule has 0 unspecified atom stereocenters. The van der Waals surface area contributed by atoms with Crippen LogP contribution < -0.4 is 11.1 Å². The molecule has 0 saturated carbocycles. The van der Waals surface area contributed by atoms with E-state index in [-0.39, 0.29) is 5.91 Å². The van der Waals surface area contributed by atoms with Gasteiger partial charge in [0.1, 0.15) is 0 Å². The molecule has 0 fully saturated rings. The van der Waals surface area contributed by atoms with Crippen molar-refractivity contribution < 1.29 is 9.59 Å². The van der Waals surface area contributed by atoms with E-state index in [1.165, 1.54) is 0 Å². The molecule has 0 aliphatic heterocycles. The number of nitrogens with one attached hydrogen (secondary N) is 1. The molecule has 0 aliphatic carbocycles. The van der Waals surface area contributed by atoms with E-state index < -0.39 is 5.91 Å². The van der Waals surface area contributed by atoms with Crippen molar-refractivity contribution in [2.24, 2.45) is 5.73 Å². The second-order valence-electron chi connectivity index (χ2n) is 5.73. The summed E-state index contributed by atoms with van der Waals surface area (Å²) >= 11 is 0. The van der Waals surface area contributed by atoms with E-state index in [2.05, 4.69) is 5.32 Å². The minimum absolute atomic E-state index is 0.230. The molecule has 0 heterocycles. The number of amides is 2. The monoisotopic (exact) mass is 342 g/mol. The first-order valence-electron chi connectivity index (χ1n) is 8.17. The lowest BCUT2D eigenvalue weighted by atomic mass is 10.0. The van der Waals surface area contributed by atoms with Crippen LogP contribution in [0.3, 0.4) is 0 Å². The fraction of sp³-hybridized carbons (Fsp3) is 0. The maximum Gasteiger partial charge on any atom is 0.256 e. The standard InChI is InChI=1S/C22H18N2O2/c23-21(25)18-11-13-19(14-12-18)24-22(26)20(17-9-5-2-6-10-17)15-16-7-3-1-4-8-16/h1-15H,(H2,23,25)(H,24,26). The summed E-state index contributed by atoms with van der Waals surface area (Å²) in [6, 6.07) is 25.6. The van der Waals surface area contributed by atoms with Crippen LogP contribution in [0.15, 0.2) is 84.9 Å². The molecular weight excluding hydrogens is 324 g/mol. The Hall–Kier alpha value is -3.66. The lowest BCUT2D eigenvalue weighted by Gasteiger charge is -2.10. The van der Waals surface area contributed by atoms with Crippen LogP contribution in [0, 0.1) is 0 Å². The SMILES string of the molecule is NC(=O)c1ccc(NC(=O)C(=Cc2ccccc2)c2ccccc2)cc1. The Kier molecular flexibility index (Phi) is 5.25. The molecule has 2 amide bonds. The van der Waals surface area contributed by atoms with Gasteiger partial charge in [-0.05, 0) is 41.5 Å². The average molecular weight is 342 g/mol. The molecular formula is C22H18N2O2. The Balaban J connectivity index is 1.90. The predicted molar refractivity (Wildman–Crippen MR) is 104 cm³/mol. The van der Waals surface area contributed by atoms with Crippen LogP contribution in [0.4, 0.5) is 5.69 Å². The minimum Gasteiger partial charge on any atom is -0.366 e. The Morgan fingerprint density at radius 2 is 1.31 bits per heavy atom. The molecule has 3 rings (SSSR count). The van der Waals surface area contributed by atoms with Crippen LogP contribution >= 0.6 is 0 Å². The third kappa shape index (κ3) is 4.24. The smallest absolute Gasteiger partial charge is 0.256 e. The van der Waals surface area contributed by atoms with Crippen LogP contribution in [-0.4, -0.2) is 11.8 Å². The number of primary amides is 1. The second kappa shape index (κ2) is 7.94. The molecule has 0 saturated heterocycles. The molecule has 0 atom stereocenters. The van der Waals surface area contributed by atoms with E-state index in [0.29, 0.717) is 16.8 Å². The van der Waals surface area contributed by atoms with E-state index in [0.717, 1.165) is 11.1 Å². The normalized spacial score (nSPS) is 11.0. The molecule has 0 radical (unpaired) electrons. The number of rotatable bonds is 5. The average Bonchev–Trinajstić information content (AvgIpc) is 2.68. The first-order chi connectivity index (χ1) is 12.6. The zero-order valence-corrected chi connectivity index (χ0v) is 14.1. The lowest BCUT2D eigenvalue weighted by molar-refractivity contribution is -0.111. The van der Waals surface area contributed by atoms with Crippen molar-refractivity contribution in [1.29, 1.82) is 0 Å². The second-order valence-corrected chi connectivity index (χ2v) is 5.73. The van der Waals surface area contributed by atoms with Gasteiger partial charge in [-0.15, -0.1) is 0 Å². The maximum atomic E-state index is 12.9. The molecule has 0 aliphatic rings. The summed E-state index contributed by atoms with van der Waals surface area (Å²) < 4.78 is 0. The number of nitrogens with two attached hydrogens (primary N) is 1. The van der Waals surface area contributed by atoms with Gasteiger partial charge in [-0.25, -0.2) is 0 Å². The van der Waals surface area contributed by atoms with Gasteiger partial charge in [0.2, 0.25) is 5.91 Å². The third-order valence-electron chi connectivity index (χ3n) is 3.87. The highest BCUT2D eigenvalue weighted by Crippen LogP contribution is 2.21. The molecule has 0 aromatic heterocycles. The van der Waals surface area contributed by atoms with Gasteiger partial charge >= 0.3 is 0 Å². The van der Waals surface area contributed by atoms with Crippen LogP contribution in [0.5, 0.6) is 0 Å². The Bertz CT molecular complexity index is 931. The Labute approximate surface area is 152 Å². The predicted octanol–water partition coefficient (Wildman–Crippen LogP) is 3.96. The van der Waals surface area contributed by atoms with Crippen LogP contribution in [0.25, 0.3) is 11.6 Å². The van der Waals surface area contributed by atoms with E-state index >= 15 is 0 Å². The van der Waals surface area contributed by atoms with E-state index in [1.807, 2.05) is 66.7 Å². The summed E-state index contributed by atoms with van der Waals surface area (Å²) in [4.78, 5) is 24.0. The molecule has 0 bridgehead atoms. The molecule has 3 aromatic rings. The Morgan fingerprint density at radius 3 is 1.88 bits per heavy atom. The molecule has 3 N–H and O–H groups in total. The fourth-order valence-electron chi connectivity index (χ4n) is 2.53. The van der Waals surface area contributed by atoms with Gasteiger partial charge in [-0.3, -0.25) is 9.59 Å². The zero-order valence-electron chi connectivity index (χ0n) is 14.1. The summed E-state index contributed by atoms with van der Waals surface area (Å²) in [7, 11) is 0. The largest absolute Gasteiger partial charge is 0.366 e. The van der Waals surface area contributed by atoms with Gasteiger partial charge in [-0.2, -0.15) is 0 Å². The molecule has 3 aromatic carbocycles. The van der Waals surface area contributed by atoms with Crippen molar-refractivity contribution in [2.75, 3.05) is 5.32 Å². The summed E-state index contributed by atoms with van der Waals surface area (Å²) in [5.74, 6) is -0.733. The van der Waals surface area contributed by atoms with E-state index in [9.17, 15) is 9.59 Å². The quantitative estimate of drug-likeness (QED) is 0.544. The topological polar surface area (TPSA) is 72.2 Å². The summed E-state index contributed by atoms with van der Waals surface area (Å²) in [5, 5.41) is 2.87. The fourth-order valence-corrected chi connectivity index (χ4v) is 2.53. The number of anilines is 1. The number of benzene rings is 3. The van der Waals surface area contributed by atoms with E-state index in [4.69, 9.17) is 5.73 Å². The van der Waals surface area contributed by atoms with Gasteiger partial charge in [0.25, 0.3) is 5.91 Å². The van der Waals surface area contributed by atoms with Crippen molar-refractivity contribution in [3.05, 3.63) is 102 Å². The van der Waals surface area contributed by atoms with E-state index in [1.54, 1.807) is 24.3 Å². The first kappa shape index (κ1) is 17.2. The lowest BCUT2D eigenvalue weighted by Crippen LogP contribution is -2.14. The van der Waals surface area contributed by atoms with Gasteiger partial charge in [-0.1, -0.05) is 60.7 Å². The van der Waals surface area contributed by atoms with Crippen molar-refractivity contribution >= 4 is 29.2 Å². The van der Waals surface area contributed by atoms with Crippen molar-refractivity contribution in [3.8, 4) is 0 Å². The highest BCUT2D eigenvalue weighted by molar-refractivity contribution is 6.29. The maximum absolute atomic E-state index is 12.9. The van der Waals surface area contributed by atoms with Crippen molar-refractivity contribution in [1.82, 2.24) is 0 Å². The summed E-state index contributed by atoms with van der Waals surface area (Å²) in [6.45, 7) is 0. The highest BCUT2D eigenvalue weighted by atomic mass is 16.2. The number of carbonyl (C=O) groups is 2. The minimum atomic E-state index is -0.503. The van der Waals surface area contributed by atoms with Crippen molar-refractivity contribution in [3.63, 3.8) is 0 Å².